The molecule has 0 saturated heterocycles. The van der Waals surface area contributed by atoms with Gasteiger partial charge in [0, 0.05) is 13.7 Å². The van der Waals surface area contributed by atoms with Gasteiger partial charge in [-0.15, -0.1) is 0 Å². The van der Waals surface area contributed by atoms with Crippen LogP contribution < -0.4 is 10.1 Å². The summed E-state index contributed by atoms with van der Waals surface area (Å²) in [6.07, 6.45) is 0. The number of hydrogen-bond donors (Lipinski definition) is 1. The number of rotatable bonds is 7. The van der Waals surface area contributed by atoms with Gasteiger partial charge in [-0.1, -0.05) is 35.9 Å². The van der Waals surface area contributed by atoms with E-state index in [1.165, 1.54) is 5.56 Å². The molecule has 0 aliphatic rings. The highest BCUT2D eigenvalue weighted by Gasteiger charge is 1.99. The molecule has 2 aromatic rings. The van der Waals surface area contributed by atoms with Crippen molar-refractivity contribution in [3.05, 3.63) is 59.1 Å². The molecule has 0 amide bonds. The van der Waals surface area contributed by atoms with Gasteiger partial charge in [0.2, 0.25) is 0 Å². The predicted molar refractivity (Wildman–Crippen MR) is 82.6 cm³/mol. The molecule has 0 radical (unpaired) electrons. The Morgan fingerprint density at radius 2 is 1.75 bits per heavy atom. The van der Waals surface area contributed by atoms with E-state index in [9.17, 15) is 0 Å². The molecule has 2 rings (SSSR count). The normalized spacial score (nSPS) is 10.3. The average molecular weight is 292 g/mol. The molecule has 0 atom stereocenters. The Morgan fingerprint density at radius 1 is 1.00 bits per heavy atom. The van der Waals surface area contributed by atoms with Gasteiger partial charge in [-0.05, 0) is 29.8 Å². The van der Waals surface area contributed by atoms with Crippen LogP contribution in [0, 0.1) is 0 Å². The fourth-order valence-corrected chi connectivity index (χ4v) is 1.95. The van der Waals surface area contributed by atoms with Crippen molar-refractivity contribution in [1.82, 2.24) is 0 Å². The summed E-state index contributed by atoms with van der Waals surface area (Å²) in [4.78, 5) is 0. The maximum absolute atomic E-state index is 6.09. The number of halogens is 1. The highest BCUT2D eigenvalue weighted by molar-refractivity contribution is 6.33. The molecular weight excluding hydrogens is 274 g/mol. The summed E-state index contributed by atoms with van der Waals surface area (Å²) < 4.78 is 10.5. The van der Waals surface area contributed by atoms with Gasteiger partial charge in [0.05, 0.1) is 17.3 Å². The Hall–Kier alpha value is -1.71. The molecule has 0 fully saturated rings. The van der Waals surface area contributed by atoms with Gasteiger partial charge in [-0.2, -0.15) is 0 Å². The lowest BCUT2D eigenvalue weighted by Crippen LogP contribution is -2.04. The molecule has 0 bridgehead atoms. The Labute approximate surface area is 124 Å². The lowest BCUT2D eigenvalue weighted by atomic mass is 10.2. The van der Waals surface area contributed by atoms with E-state index in [0.29, 0.717) is 13.2 Å². The molecule has 106 valence electrons. The van der Waals surface area contributed by atoms with Crippen LogP contribution in [0.15, 0.2) is 48.5 Å². The monoisotopic (exact) mass is 291 g/mol. The summed E-state index contributed by atoms with van der Waals surface area (Å²) in [5, 5.41) is 4.04. The third kappa shape index (κ3) is 4.44. The topological polar surface area (TPSA) is 30.5 Å². The van der Waals surface area contributed by atoms with Crippen LogP contribution in [0.4, 0.5) is 5.69 Å². The zero-order valence-corrected chi connectivity index (χ0v) is 12.2. The highest BCUT2D eigenvalue weighted by Crippen LogP contribution is 2.21. The second-order valence-corrected chi connectivity index (χ2v) is 4.73. The summed E-state index contributed by atoms with van der Waals surface area (Å²) >= 11 is 6.09. The standard InChI is InChI=1S/C16H18ClNO2/c1-19-10-11-20-14-8-6-13(7-9-14)12-18-16-5-3-2-4-15(16)17/h2-9,18H,10-12H2,1H3. The molecule has 0 aliphatic carbocycles. The molecule has 0 heterocycles. The first-order valence-electron chi connectivity index (χ1n) is 6.48. The van der Waals surface area contributed by atoms with Crippen LogP contribution in [-0.4, -0.2) is 20.3 Å². The predicted octanol–water partition coefficient (Wildman–Crippen LogP) is 3.98. The Bertz CT molecular complexity index is 528. The van der Waals surface area contributed by atoms with Crippen LogP contribution in [0.5, 0.6) is 5.75 Å². The molecule has 0 saturated carbocycles. The summed E-state index contributed by atoms with van der Waals surface area (Å²) in [7, 11) is 1.66. The number of anilines is 1. The smallest absolute Gasteiger partial charge is 0.119 e. The van der Waals surface area contributed by atoms with E-state index >= 15 is 0 Å². The maximum atomic E-state index is 6.09. The molecule has 0 spiro atoms. The fourth-order valence-electron chi connectivity index (χ4n) is 1.75. The molecule has 1 N–H and O–H groups in total. The number of para-hydroxylation sites is 1. The van der Waals surface area contributed by atoms with E-state index in [-0.39, 0.29) is 0 Å². The van der Waals surface area contributed by atoms with Gasteiger partial charge in [0.1, 0.15) is 12.4 Å². The van der Waals surface area contributed by atoms with Crippen LogP contribution in [0.3, 0.4) is 0 Å². The molecule has 0 unspecified atom stereocenters. The first-order chi connectivity index (χ1) is 9.79. The zero-order valence-electron chi connectivity index (χ0n) is 11.4. The first kappa shape index (κ1) is 14.7. The van der Waals surface area contributed by atoms with Crippen LogP contribution in [0.25, 0.3) is 0 Å². The average Bonchev–Trinajstić information content (AvgIpc) is 2.48. The van der Waals surface area contributed by atoms with Crippen molar-refractivity contribution in [3.8, 4) is 5.75 Å². The Kier molecular flexibility index (Phi) is 5.71. The molecule has 2 aromatic carbocycles. The van der Waals surface area contributed by atoms with E-state index in [1.807, 2.05) is 48.5 Å². The minimum absolute atomic E-state index is 0.563. The fraction of sp³-hybridized carbons (Fsp3) is 0.250. The zero-order chi connectivity index (χ0) is 14.2. The molecule has 0 aromatic heterocycles. The van der Waals surface area contributed by atoms with Crippen molar-refractivity contribution in [2.75, 3.05) is 25.6 Å². The number of ether oxygens (including phenoxy) is 2. The Balaban J connectivity index is 1.86. The second kappa shape index (κ2) is 7.78. The SMILES string of the molecule is COCCOc1ccc(CNc2ccccc2Cl)cc1. The lowest BCUT2D eigenvalue weighted by Gasteiger charge is -2.09. The number of benzene rings is 2. The number of methoxy groups -OCH3 is 1. The van der Waals surface area contributed by atoms with Gasteiger partial charge in [0.25, 0.3) is 0 Å². The maximum Gasteiger partial charge on any atom is 0.119 e. The first-order valence-corrected chi connectivity index (χ1v) is 6.86. The lowest BCUT2D eigenvalue weighted by molar-refractivity contribution is 0.146. The molecule has 3 nitrogen and oxygen atoms in total. The minimum Gasteiger partial charge on any atom is -0.491 e. The van der Waals surface area contributed by atoms with Gasteiger partial charge in [-0.3, -0.25) is 0 Å². The Morgan fingerprint density at radius 3 is 2.45 bits per heavy atom. The minimum atomic E-state index is 0.563. The van der Waals surface area contributed by atoms with Gasteiger partial charge in [0.15, 0.2) is 0 Å². The van der Waals surface area contributed by atoms with E-state index in [2.05, 4.69) is 5.32 Å². The van der Waals surface area contributed by atoms with Gasteiger partial charge in [-0.25, -0.2) is 0 Å². The largest absolute Gasteiger partial charge is 0.491 e. The van der Waals surface area contributed by atoms with Crippen molar-refractivity contribution < 1.29 is 9.47 Å². The van der Waals surface area contributed by atoms with Crippen LogP contribution >= 0.6 is 11.6 Å². The number of nitrogens with one attached hydrogen (secondary N) is 1. The van der Waals surface area contributed by atoms with Crippen molar-refractivity contribution in [2.24, 2.45) is 0 Å². The molecule has 20 heavy (non-hydrogen) atoms. The highest BCUT2D eigenvalue weighted by atomic mass is 35.5. The van der Waals surface area contributed by atoms with E-state index in [4.69, 9.17) is 21.1 Å². The van der Waals surface area contributed by atoms with Crippen LogP contribution in [0.1, 0.15) is 5.56 Å². The van der Waals surface area contributed by atoms with Gasteiger partial charge >= 0.3 is 0 Å². The van der Waals surface area contributed by atoms with Gasteiger partial charge < -0.3 is 14.8 Å². The third-order valence-corrected chi connectivity index (χ3v) is 3.17. The second-order valence-electron chi connectivity index (χ2n) is 4.32. The summed E-state index contributed by atoms with van der Waals surface area (Å²) in [5.74, 6) is 0.851. The van der Waals surface area contributed by atoms with E-state index in [0.717, 1.165) is 23.0 Å². The summed E-state index contributed by atoms with van der Waals surface area (Å²) in [6, 6.07) is 15.7. The van der Waals surface area contributed by atoms with E-state index < -0.39 is 0 Å². The van der Waals surface area contributed by atoms with Crippen molar-refractivity contribution in [3.63, 3.8) is 0 Å². The summed E-state index contributed by atoms with van der Waals surface area (Å²) in [6.45, 7) is 1.88. The van der Waals surface area contributed by atoms with Crippen molar-refractivity contribution in [2.45, 2.75) is 6.54 Å². The quantitative estimate of drug-likeness (QED) is 0.783. The van der Waals surface area contributed by atoms with Crippen LogP contribution in [-0.2, 0) is 11.3 Å². The number of hydrogen-bond acceptors (Lipinski definition) is 3. The summed E-state index contributed by atoms with van der Waals surface area (Å²) in [5.41, 5.74) is 2.11. The third-order valence-electron chi connectivity index (χ3n) is 2.84. The van der Waals surface area contributed by atoms with Crippen molar-refractivity contribution >= 4 is 17.3 Å². The van der Waals surface area contributed by atoms with E-state index in [1.54, 1.807) is 7.11 Å². The molecule has 4 heteroatoms. The molecular formula is C16H18ClNO2. The van der Waals surface area contributed by atoms with Crippen molar-refractivity contribution in [1.29, 1.82) is 0 Å². The van der Waals surface area contributed by atoms with Crippen LogP contribution in [0.2, 0.25) is 5.02 Å². The molecule has 0 aliphatic heterocycles.